The van der Waals surface area contributed by atoms with E-state index in [1.807, 2.05) is 26.0 Å². The summed E-state index contributed by atoms with van der Waals surface area (Å²) < 4.78 is 0. The number of anilines is 1. The topological polar surface area (TPSA) is 26.0 Å². The summed E-state index contributed by atoms with van der Waals surface area (Å²) in [5.74, 6) is 6.02. The van der Waals surface area contributed by atoms with Crippen molar-refractivity contribution >= 4 is 21.6 Å². The van der Waals surface area contributed by atoms with Crippen LogP contribution in [-0.2, 0) is 0 Å². The molecule has 1 aromatic carbocycles. The van der Waals surface area contributed by atoms with Gasteiger partial charge in [-0.3, -0.25) is 0 Å². The highest BCUT2D eigenvalue weighted by molar-refractivity contribution is 9.09. The highest BCUT2D eigenvalue weighted by Crippen LogP contribution is 2.17. The second-order valence-corrected chi connectivity index (χ2v) is 3.52. The van der Waals surface area contributed by atoms with Gasteiger partial charge in [-0.05, 0) is 37.1 Å². The second-order valence-electron chi connectivity index (χ2n) is 2.96. The summed E-state index contributed by atoms with van der Waals surface area (Å²) in [7, 11) is 0. The lowest BCUT2D eigenvalue weighted by Gasteiger charge is -2.04. The Morgan fingerprint density at radius 2 is 1.85 bits per heavy atom. The van der Waals surface area contributed by atoms with Gasteiger partial charge in [-0.1, -0.05) is 27.8 Å². The number of aryl methyl sites for hydroxylation is 2. The molecule has 0 unspecified atom stereocenters. The lowest BCUT2D eigenvalue weighted by atomic mass is 10.1. The molecule has 0 spiro atoms. The van der Waals surface area contributed by atoms with Crippen molar-refractivity contribution in [2.24, 2.45) is 0 Å². The van der Waals surface area contributed by atoms with Crippen LogP contribution in [0.5, 0.6) is 0 Å². The molecule has 68 valence electrons. The van der Waals surface area contributed by atoms with Crippen LogP contribution < -0.4 is 5.73 Å². The number of hydrogen-bond donors (Lipinski definition) is 1. The Hall–Kier alpha value is -0.940. The molecule has 0 aliphatic carbocycles. The molecule has 0 saturated carbocycles. The molecule has 2 N–H and O–H groups in total. The van der Waals surface area contributed by atoms with Crippen molar-refractivity contribution in [3.63, 3.8) is 0 Å². The quantitative estimate of drug-likeness (QED) is 0.419. The average Bonchev–Trinajstić information content (AvgIpc) is 2.10. The van der Waals surface area contributed by atoms with Gasteiger partial charge in [0.1, 0.15) is 0 Å². The lowest BCUT2D eigenvalue weighted by Crippen LogP contribution is -1.94. The summed E-state index contributed by atoms with van der Waals surface area (Å²) in [5.41, 5.74) is 9.91. The fourth-order valence-electron chi connectivity index (χ4n) is 1.18. The zero-order chi connectivity index (χ0) is 9.84. The number of rotatable bonds is 0. The Morgan fingerprint density at radius 3 is 2.31 bits per heavy atom. The summed E-state index contributed by atoms with van der Waals surface area (Å²) in [6.45, 7) is 4.00. The summed E-state index contributed by atoms with van der Waals surface area (Å²) in [6.07, 6.45) is 0. The molecule has 0 aliphatic heterocycles. The normalized spacial score (nSPS) is 9.15. The zero-order valence-electron chi connectivity index (χ0n) is 7.82. The van der Waals surface area contributed by atoms with E-state index in [0.29, 0.717) is 5.33 Å². The molecule has 2 heteroatoms. The molecule has 0 amide bonds. The predicted molar refractivity (Wildman–Crippen MR) is 61.0 cm³/mol. The molecule has 0 saturated heterocycles. The number of alkyl halides is 1. The maximum Gasteiger partial charge on any atom is 0.0649 e. The number of hydrogen-bond acceptors (Lipinski definition) is 1. The van der Waals surface area contributed by atoms with Gasteiger partial charge < -0.3 is 5.73 Å². The summed E-state index contributed by atoms with van der Waals surface area (Å²) in [4.78, 5) is 0. The smallest absolute Gasteiger partial charge is 0.0649 e. The maximum atomic E-state index is 5.82. The largest absolute Gasteiger partial charge is 0.398 e. The molecule has 1 aromatic rings. The van der Waals surface area contributed by atoms with Gasteiger partial charge in [0.15, 0.2) is 0 Å². The minimum atomic E-state index is 0.704. The fraction of sp³-hybridized carbons (Fsp3) is 0.273. The van der Waals surface area contributed by atoms with Crippen molar-refractivity contribution in [2.45, 2.75) is 13.8 Å². The van der Waals surface area contributed by atoms with Crippen LogP contribution in [-0.4, -0.2) is 5.33 Å². The van der Waals surface area contributed by atoms with E-state index in [1.54, 1.807) is 0 Å². The van der Waals surface area contributed by atoms with Gasteiger partial charge in [0.05, 0.1) is 5.33 Å². The van der Waals surface area contributed by atoms with E-state index in [9.17, 15) is 0 Å². The van der Waals surface area contributed by atoms with Gasteiger partial charge in [0.2, 0.25) is 0 Å². The van der Waals surface area contributed by atoms with Crippen LogP contribution in [0.1, 0.15) is 16.7 Å². The molecule has 0 aromatic heterocycles. The standard InChI is InChI=1S/C11H12BrN/c1-8-6-10(4-3-5-12)7-9(2)11(8)13/h6-7H,5,13H2,1-2H3. The van der Waals surface area contributed by atoms with Gasteiger partial charge in [-0.15, -0.1) is 0 Å². The van der Waals surface area contributed by atoms with E-state index in [0.717, 1.165) is 22.4 Å². The Bertz CT molecular complexity index is 348. The first-order valence-corrected chi connectivity index (χ1v) is 5.19. The van der Waals surface area contributed by atoms with E-state index >= 15 is 0 Å². The molecule has 0 atom stereocenters. The van der Waals surface area contributed by atoms with Crippen molar-refractivity contribution in [1.29, 1.82) is 0 Å². The molecule has 0 fully saturated rings. The first-order chi connectivity index (χ1) is 6.15. The van der Waals surface area contributed by atoms with E-state index in [1.165, 1.54) is 0 Å². The lowest BCUT2D eigenvalue weighted by molar-refractivity contribution is 1.37. The third kappa shape index (κ3) is 2.50. The highest BCUT2D eigenvalue weighted by atomic mass is 79.9. The van der Waals surface area contributed by atoms with E-state index < -0.39 is 0 Å². The van der Waals surface area contributed by atoms with Gasteiger partial charge in [0, 0.05) is 11.3 Å². The SMILES string of the molecule is Cc1cc(C#CCBr)cc(C)c1N. The minimum absolute atomic E-state index is 0.704. The zero-order valence-corrected chi connectivity index (χ0v) is 9.40. The molecule has 1 rings (SSSR count). The number of nitrogens with two attached hydrogens (primary N) is 1. The van der Waals surface area contributed by atoms with Crippen molar-refractivity contribution in [3.8, 4) is 11.8 Å². The van der Waals surface area contributed by atoms with Crippen LogP contribution in [0.2, 0.25) is 0 Å². The van der Waals surface area contributed by atoms with Crippen LogP contribution in [0.3, 0.4) is 0 Å². The first kappa shape index (κ1) is 10.1. The molecule has 0 heterocycles. The minimum Gasteiger partial charge on any atom is -0.398 e. The van der Waals surface area contributed by atoms with Crippen molar-refractivity contribution in [1.82, 2.24) is 0 Å². The third-order valence-corrected chi connectivity index (χ3v) is 2.17. The maximum absolute atomic E-state index is 5.82. The van der Waals surface area contributed by atoms with Crippen LogP contribution in [0.15, 0.2) is 12.1 Å². The van der Waals surface area contributed by atoms with Gasteiger partial charge in [-0.2, -0.15) is 0 Å². The monoisotopic (exact) mass is 237 g/mol. The Kier molecular flexibility index (Phi) is 3.39. The predicted octanol–water partition coefficient (Wildman–Crippen LogP) is 2.63. The fourth-order valence-corrected chi connectivity index (χ4v) is 1.32. The molecular formula is C11H12BrN. The van der Waals surface area contributed by atoms with Crippen molar-refractivity contribution in [2.75, 3.05) is 11.1 Å². The molecule has 13 heavy (non-hydrogen) atoms. The van der Waals surface area contributed by atoms with Gasteiger partial charge >= 0.3 is 0 Å². The summed E-state index contributed by atoms with van der Waals surface area (Å²) >= 11 is 3.26. The Balaban J connectivity index is 3.13. The van der Waals surface area contributed by atoms with E-state index in [4.69, 9.17) is 5.73 Å². The summed E-state index contributed by atoms with van der Waals surface area (Å²) in [6, 6.07) is 4.02. The Labute approximate surface area is 87.5 Å². The van der Waals surface area contributed by atoms with Crippen LogP contribution in [0.25, 0.3) is 0 Å². The second kappa shape index (κ2) is 4.34. The van der Waals surface area contributed by atoms with Gasteiger partial charge in [-0.25, -0.2) is 0 Å². The Morgan fingerprint density at radius 1 is 1.31 bits per heavy atom. The number of benzene rings is 1. The van der Waals surface area contributed by atoms with E-state index in [2.05, 4.69) is 27.8 Å². The first-order valence-electron chi connectivity index (χ1n) is 4.06. The average molecular weight is 238 g/mol. The van der Waals surface area contributed by atoms with Crippen LogP contribution in [0, 0.1) is 25.7 Å². The molecule has 0 bridgehead atoms. The molecule has 0 radical (unpaired) electrons. The highest BCUT2D eigenvalue weighted by Gasteiger charge is 1.98. The van der Waals surface area contributed by atoms with Crippen LogP contribution in [0.4, 0.5) is 5.69 Å². The van der Waals surface area contributed by atoms with Crippen molar-refractivity contribution in [3.05, 3.63) is 28.8 Å². The summed E-state index contributed by atoms with van der Waals surface area (Å²) in [5, 5.41) is 0.704. The van der Waals surface area contributed by atoms with Gasteiger partial charge in [0.25, 0.3) is 0 Å². The number of nitrogen functional groups attached to an aromatic ring is 1. The van der Waals surface area contributed by atoms with E-state index in [-0.39, 0.29) is 0 Å². The molecule has 1 nitrogen and oxygen atoms in total. The molecular weight excluding hydrogens is 226 g/mol. The third-order valence-electron chi connectivity index (χ3n) is 1.89. The van der Waals surface area contributed by atoms with Crippen molar-refractivity contribution < 1.29 is 0 Å². The number of halogens is 1. The molecule has 0 aliphatic rings. The van der Waals surface area contributed by atoms with Crippen LogP contribution >= 0.6 is 15.9 Å².